The average Bonchev–Trinajstić information content (AvgIpc) is 2.54. The number of aryl methyl sites for hydroxylation is 1. The summed E-state index contributed by atoms with van der Waals surface area (Å²) in [5, 5.41) is 10.3. The monoisotopic (exact) mass is 198 g/mol. The number of aliphatic hydroxyl groups is 1. The zero-order valence-corrected chi connectivity index (χ0v) is 8.56. The van der Waals surface area contributed by atoms with E-state index in [0.29, 0.717) is 13.2 Å². The van der Waals surface area contributed by atoms with Crippen LogP contribution >= 0.6 is 11.3 Å². The van der Waals surface area contributed by atoms with Gasteiger partial charge in [0.15, 0.2) is 0 Å². The molecule has 0 amide bonds. The first-order valence-corrected chi connectivity index (χ1v) is 5.39. The molecule has 0 atom stereocenters. The van der Waals surface area contributed by atoms with Crippen molar-refractivity contribution in [2.24, 2.45) is 0 Å². The minimum Gasteiger partial charge on any atom is -0.384 e. The fourth-order valence-corrected chi connectivity index (χ4v) is 2.65. The van der Waals surface area contributed by atoms with Crippen LogP contribution in [0.15, 0.2) is 12.1 Å². The normalized spacial score (nSPS) is 21.7. The van der Waals surface area contributed by atoms with Gasteiger partial charge in [-0.05, 0) is 19.1 Å². The molecule has 0 aromatic carbocycles. The van der Waals surface area contributed by atoms with Crippen LogP contribution in [-0.4, -0.2) is 18.3 Å². The lowest BCUT2D eigenvalue weighted by molar-refractivity contribution is -0.0656. The molecule has 0 aliphatic carbocycles. The summed E-state index contributed by atoms with van der Waals surface area (Å²) in [6, 6.07) is 4.10. The Hall–Kier alpha value is -0.380. The molecule has 0 spiro atoms. The Kier molecular flexibility index (Phi) is 2.41. The highest BCUT2D eigenvalue weighted by Gasteiger charge is 2.32. The summed E-state index contributed by atoms with van der Waals surface area (Å²) in [7, 11) is 0. The zero-order valence-electron chi connectivity index (χ0n) is 7.75. The quantitative estimate of drug-likeness (QED) is 0.748. The number of thiophene rings is 1. The summed E-state index contributed by atoms with van der Waals surface area (Å²) in [5.41, 5.74) is -0.614. The second-order valence-corrected chi connectivity index (χ2v) is 4.84. The summed E-state index contributed by atoms with van der Waals surface area (Å²) >= 11 is 1.69. The number of rotatable bonds is 1. The molecule has 3 heteroatoms. The highest BCUT2D eigenvalue weighted by molar-refractivity contribution is 7.12. The molecule has 1 fully saturated rings. The third-order valence-corrected chi connectivity index (χ3v) is 3.71. The standard InChI is InChI=1S/C10H14O2S/c1-8-2-3-9(13-8)10(11)4-6-12-7-5-10/h2-3,11H,4-7H2,1H3. The number of hydrogen-bond donors (Lipinski definition) is 1. The Morgan fingerprint density at radius 2 is 2.08 bits per heavy atom. The topological polar surface area (TPSA) is 29.5 Å². The van der Waals surface area contributed by atoms with Crippen LogP contribution in [0.1, 0.15) is 22.6 Å². The van der Waals surface area contributed by atoms with Crippen molar-refractivity contribution in [2.75, 3.05) is 13.2 Å². The summed E-state index contributed by atoms with van der Waals surface area (Å²) in [5.74, 6) is 0. The minimum atomic E-state index is -0.614. The molecule has 2 heterocycles. The van der Waals surface area contributed by atoms with Gasteiger partial charge in [-0.2, -0.15) is 0 Å². The lowest BCUT2D eigenvalue weighted by Crippen LogP contribution is -2.32. The van der Waals surface area contributed by atoms with Gasteiger partial charge in [-0.25, -0.2) is 0 Å². The van der Waals surface area contributed by atoms with E-state index in [1.165, 1.54) is 4.88 Å². The van der Waals surface area contributed by atoms with E-state index in [1.54, 1.807) is 11.3 Å². The predicted molar refractivity (Wildman–Crippen MR) is 53.0 cm³/mol. The van der Waals surface area contributed by atoms with E-state index in [9.17, 15) is 5.11 Å². The molecule has 1 N–H and O–H groups in total. The first-order chi connectivity index (χ1) is 6.21. The Labute approximate surface area is 82.2 Å². The molecule has 2 nitrogen and oxygen atoms in total. The Bertz CT molecular complexity index is 287. The minimum absolute atomic E-state index is 0.614. The van der Waals surface area contributed by atoms with Gasteiger partial charge in [-0.1, -0.05) is 0 Å². The van der Waals surface area contributed by atoms with Gasteiger partial charge in [0.1, 0.15) is 5.60 Å². The largest absolute Gasteiger partial charge is 0.384 e. The van der Waals surface area contributed by atoms with Crippen molar-refractivity contribution >= 4 is 11.3 Å². The van der Waals surface area contributed by atoms with Crippen molar-refractivity contribution in [1.29, 1.82) is 0 Å². The van der Waals surface area contributed by atoms with Gasteiger partial charge in [-0.15, -0.1) is 11.3 Å². The average molecular weight is 198 g/mol. The van der Waals surface area contributed by atoms with Gasteiger partial charge in [0, 0.05) is 35.8 Å². The molecule has 1 aromatic rings. The molecule has 72 valence electrons. The molecule has 13 heavy (non-hydrogen) atoms. The van der Waals surface area contributed by atoms with E-state index in [0.717, 1.165) is 17.7 Å². The third kappa shape index (κ3) is 1.77. The highest BCUT2D eigenvalue weighted by Crippen LogP contribution is 2.35. The number of ether oxygens (including phenoxy) is 1. The second kappa shape index (κ2) is 3.40. The molecular weight excluding hydrogens is 184 g/mol. The highest BCUT2D eigenvalue weighted by atomic mass is 32.1. The molecule has 0 bridgehead atoms. The van der Waals surface area contributed by atoms with Crippen molar-refractivity contribution in [1.82, 2.24) is 0 Å². The van der Waals surface area contributed by atoms with Crippen LogP contribution in [0.5, 0.6) is 0 Å². The maximum absolute atomic E-state index is 10.3. The van der Waals surface area contributed by atoms with Crippen LogP contribution in [0.25, 0.3) is 0 Å². The fraction of sp³-hybridized carbons (Fsp3) is 0.600. The summed E-state index contributed by atoms with van der Waals surface area (Å²) in [6.45, 7) is 3.41. The first kappa shape index (κ1) is 9.19. The molecular formula is C10H14O2S. The zero-order chi connectivity index (χ0) is 9.31. The van der Waals surface area contributed by atoms with Gasteiger partial charge in [0.25, 0.3) is 0 Å². The van der Waals surface area contributed by atoms with E-state index < -0.39 is 5.60 Å². The number of hydrogen-bond acceptors (Lipinski definition) is 3. The van der Waals surface area contributed by atoms with E-state index in [1.807, 2.05) is 6.07 Å². The van der Waals surface area contributed by atoms with E-state index in [-0.39, 0.29) is 0 Å². The molecule has 1 aliphatic rings. The van der Waals surface area contributed by atoms with Gasteiger partial charge in [0.2, 0.25) is 0 Å². The Morgan fingerprint density at radius 1 is 1.38 bits per heavy atom. The van der Waals surface area contributed by atoms with Crippen molar-refractivity contribution in [2.45, 2.75) is 25.4 Å². The smallest absolute Gasteiger partial charge is 0.103 e. The molecule has 1 saturated heterocycles. The summed E-state index contributed by atoms with van der Waals surface area (Å²) in [6.07, 6.45) is 1.46. The Balaban J connectivity index is 2.22. The third-order valence-electron chi connectivity index (χ3n) is 2.52. The molecule has 1 aliphatic heterocycles. The summed E-state index contributed by atoms with van der Waals surface area (Å²) in [4.78, 5) is 2.35. The van der Waals surface area contributed by atoms with E-state index in [2.05, 4.69) is 13.0 Å². The van der Waals surface area contributed by atoms with Gasteiger partial charge in [-0.3, -0.25) is 0 Å². The van der Waals surface area contributed by atoms with Crippen LogP contribution in [0, 0.1) is 6.92 Å². The second-order valence-electron chi connectivity index (χ2n) is 3.55. The lowest BCUT2D eigenvalue weighted by Gasteiger charge is -2.30. The first-order valence-electron chi connectivity index (χ1n) is 4.58. The lowest BCUT2D eigenvalue weighted by atomic mass is 9.93. The molecule has 0 unspecified atom stereocenters. The van der Waals surface area contributed by atoms with Gasteiger partial charge in [0.05, 0.1) is 0 Å². The van der Waals surface area contributed by atoms with Gasteiger partial charge >= 0.3 is 0 Å². The molecule has 1 aromatic heterocycles. The molecule has 0 saturated carbocycles. The Morgan fingerprint density at radius 3 is 2.62 bits per heavy atom. The van der Waals surface area contributed by atoms with Crippen molar-refractivity contribution in [3.63, 3.8) is 0 Å². The van der Waals surface area contributed by atoms with Crippen LogP contribution < -0.4 is 0 Å². The SMILES string of the molecule is Cc1ccc(C2(O)CCOCC2)s1. The van der Waals surface area contributed by atoms with Crippen LogP contribution in [0.4, 0.5) is 0 Å². The van der Waals surface area contributed by atoms with Crippen LogP contribution in [-0.2, 0) is 10.3 Å². The van der Waals surface area contributed by atoms with E-state index in [4.69, 9.17) is 4.74 Å². The van der Waals surface area contributed by atoms with Gasteiger partial charge < -0.3 is 9.84 Å². The predicted octanol–water partition coefficient (Wildman–Crippen LogP) is 2.05. The van der Waals surface area contributed by atoms with Crippen molar-refractivity contribution < 1.29 is 9.84 Å². The summed E-state index contributed by atoms with van der Waals surface area (Å²) < 4.78 is 5.24. The maximum Gasteiger partial charge on any atom is 0.103 e. The van der Waals surface area contributed by atoms with Crippen molar-refractivity contribution in [3.05, 3.63) is 21.9 Å². The van der Waals surface area contributed by atoms with Crippen molar-refractivity contribution in [3.8, 4) is 0 Å². The van der Waals surface area contributed by atoms with Crippen LogP contribution in [0.3, 0.4) is 0 Å². The van der Waals surface area contributed by atoms with E-state index >= 15 is 0 Å². The molecule has 2 rings (SSSR count). The molecule has 0 radical (unpaired) electrons. The van der Waals surface area contributed by atoms with Crippen LogP contribution in [0.2, 0.25) is 0 Å². The fourth-order valence-electron chi connectivity index (χ4n) is 1.64. The maximum atomic E-state index is 10.3.